The number of methoxy groups -OCH3 is 1. The number of esters is 1. The van der Waals surface area contributed by atoms with E-state index in [1.807, 2.05) is 26.0 Å². The van der Waals surface area contributed by atoms with E-state index in [0.717, 1.165) is 16.7 Å². The summed E-state index contributed by atoms with van der Waals surface area (Å²) in [6.07, 6.45) is 1.80. The first-order chi connectivity index (χ1) is 13.3. The van der Waals surface area contributed by atoms with Gasteiger partial charge in [-0.1, -0.05) is 0 Å². The molecule has 1 saturated heterocycles. The Kier molecular flexibility index (Phi) is 5.56. The molecule has 3 rings (SSSR count). The Morgan fingerprint density at radius 2 is 1.79 bits per heavy atom. The van der Waals surface area contributed by atoms with Crippen LogP contribution in [0.5, 0.6) is 5.75 Å². The zero-order valence-electron chi connectivity index (χ0n) is 16.0. The first-order valence-electron chi connectivity index (χ1n) is 8.55. The van der Waals surface area contributed by atoms with Crippen LogP contribution in [0, 0.1) is 13.8 Å². The van der Waals surface area contributed by atoms with Crippen LogP contribution in [0.4, 0.5) is 5.69 Å². The van der Waals surface area contributed by atoms with Crippen molar-refractivity contribution in [2.45, 2.75) is 13.8 Å². The molecule has 1 aliphatic rings. The van der Waals surface area contributed by atoms with Gasteiger partial charge in [0, 0.05) is 7.05 Å². The van der Waals surface area contributed by atoms with Crippen LogP contribution in [-0.4, -0.2) is 41.2 Å². The molecule has 0 aliphatic carbocycles. The summed E-state index contributed by atoms with van der Waals surface area (Å²) in [7, 11) is 3.00. The number of carbonyl (C=O) groups is 2. The molecule has 1 fully saturated rings. The van der Waals surface area contributed by atoms with Gasteiger partial charge in [-0.15, -0.1) is 0 Å². The quantitative estimate of drug-likeness (QED) is 0.626. The number of nitrogens with zero attached hydrogens (tertiary/aromatic N) is 2. The molecule has 7 heteroatoms. The molecule has 0 aromatic heterocycles. The normalized spacial score (nSPS) is 16.9. The van der Waals surface area contributed by atoms with Crippen LogP contribution in [-0.2, 0) is 9.53 Å². The zero-order chi connectivity index (χ0) is 20.4. The highest BCUT2D eigenvalue weighted by Crippen LogP contribution is 2.34. The van der Waals surface area contributed by atoms with E-state index in [4.69, 9.17) is 0 Å². The Labute approximate surface area is 167 Å². The molecule has 6 nitrogen and oxygen atoms in total. The average Bonchev–Trinajstić information content (AvgIpc) is 2.94. The molecular weight excluding hydrogens is 376 g/mol. The molecule has 0 saturated carbocycles. The monoisotopic (exact) mass is 396 g/mol. The molecule has 0 spiro atoms. The van der Waals surface area contributed by atoms with Gasteiger partial charge in [0.2, 0.25) is 0 Å². The minimum atomic E-state index is -0.411. The van der Waals surface area contributed by atoms with Gasteiger partial charge in [0.15, 0.2) is 5.17 Å². The highest BCUT2D eigenvalue weighted by molar-refractivity contribution is 8.18. The van der Waals surface area contributed by atoms with Crippen LogP contribution in [0.25, 0.3) is 6.08 Å². The molecular formula is C21H20N2O4S. The van der Waals surface area contributed by atoms with Crippen molar-refractivity contribution in [3.8, 4) is 5.75 Å². The van der Waals surface area contributed by atoms with Gasteiger partial charge in [0.05, 0.1) is 23.3 Å². The van der Waals surface area contributed by atoms with Gasteiger partial charge in [-0.05, 0) is 84.8 Å². The molecule has 144 valence electrons. The van der Waals surface area contributed by atoms with Crippen molar-refractivity contribution >= 4 is 40.6 Å². The number of carbonyl (C=O) groups excluding carboxylic acids is 2. The molecule has 1 heterocycles. The first kappa shape index (κ1) is 19.7. The fourth-order valence-electron chi connectivity index (χ4n) is 2.78. The zero-order valence-corrected chi connectivity index (χ0v) is 16.8. The number of thioether (sulfide) groups is 1. The van der Waals surface area contributed by atoms with Gasteiger partial charge >= 0.3 is 5.97 Å². The number of ether oxygens (including phenoxy) is 1. The maximum atomic E-state index is 12.6. The smallest absolute Gasteiger partial charge is 0.337 e. The number of hydrogen-bond donors (Lipinski definition) is 1. The molecule has 0 radical (unpaired) electrons. The van der Waals surface area contributed by atoms with Gasteiger partial charge < -0.3 is 9.84 Å². The number of phenols is 1. The van der Waals surface area contributed by atoms with E-state index < -0.39 is 5.97 Å². The number of aryl methyl sites for hydroxylation is 2. The van der Waals surface area contributed by atoms with Crippen LogP contribution in [0.15, 0.2) is 46.3 Å². The van der Waals surface area contributed by atoms with Gasteiger partial charge in [-0.25, -0.2) is 9.79 Å². The van der Waals surface area contributed by atoms with Crippen molar-refractivity contribution in [2.75, 3.05) is 14.2 Å². The summed E-state index contributed by atoms with van der Waals surface area (Å²) in [4.78, 5) is 30.6. The number of amides is 1. The van der Waals surface area contributed by atoms with Crippen molar-refractivity contribution in [3.63, 3.8) is 0 Å². The van der Waals surface area contributed by atoms with Crippen molar-refractivity contribution in [3.05, 3.63) is 63.6 Å². The Hall–Kier alpha value is -3.06. The van der Waals surface area contributed by atoms with Gasteiger partial charge in [-0.2, -0.15) is 0 Å². The van der Waals surface area contributed by atoms with Crippen LogP contribution < -0.4 is 0 Å². The van der Waals surface area contributed by atoms with Crippen molar-refractivity contribution in [1.82, 2.24) is 4.90 Å². The van der Waals surface area contributed by atoms with Crippen LogP contribution in [0.2, 0.25) is 0 Å². The predicted octanol–water partition coefficient (Wildman–Crippen LogP) is 4.03. The molecule has 2 aromatic carbocycles. The molecule has 1 amide bonds. The minimum absolute atomic E-state index is 0.140. The lowest BCUT2D eigenvalue weighted by Crippen LogP contribution is -2.23. The van der Waals surface area contributed by atoms with Gasteiger partial charge in [-0.3, -0.25) is 9.69 Å². The molecule has 0 bridgehead atoms. The van der Waals surface area contributed by atoms with E-state index in [-0.39, 0.29) is 11.7 Å². The number of aromatic hydroxyl groups is 1. The summed E-state index contributed by atoms with van der Waals surface area (Å²) in [6.45, 7) is 3.65. The highest BCUT2D eigenvalue weighted by atomic mass is 32.2. The molecule has 0 unspecified atom stereocenters. The van der Waals surface area contributed by atoms with E-state index in [1.165, 1.54) is 23.8 Å². The van der Waals surface area contributed by atoms with E-state index in [1.54, 1.807) is 37.4 Å². The van der Waals surface area contributed by atoms with E-state index >= 15 is 0 Å². The Bertz CT molecular complexity index is 987. The lowest BCUT2D eigenvalue weighted by Gasteiger charge is -2.07. The van der Waals surface area contributed by atoms with E-state index in [2.05, 4.69) is 9.73 Å². The number of rotatable bonds is 3. The van der Waals surface area contributed by atoms with Crippen molar-refractivity contribution < 1.29 is 19.4 Å². The second kappa shape index (κ2) is 7.90. The third kappa shape index (κ3) is 3.94. The van der Waals surface area contributed by atoms with Gasteiger partial charge in [0.25, 0.3) is 5.91 Å². The predicted molar refractivity (Wildman–Crippen MR) is 111 cm³/mol. The third-order valence-electron chi connectivity index (χ3n) is 4.33. The largest absolute Gasteiger partial charge is 0.507 e. The summed E-state index contributed by atoms with van der Waals surface area (Å²) in [5.41, 5.74) is 3.44. The fourth-order valence-corrected chi connectivity index (χ4v) is 3.76. The number of benzene rings is 2. The molecule has 2 aromatic rings. The average molecular weight is 396 g/mol. The Morgan fingerprint density at radius 3 is 2.36 bits per heavy atom. The molecule has 28 heavy (non-hydrogen) atoms. The lowest BCUT2D eigenvalue weighted by molar-refractivity contribution is -0.121. The van der Waals surface area contributed by atoms with Crippen LogP contribution >= 0.6 is 11.8 Å². The molecule has 0 atom stereocenters. The summed E-state index contributed by atoms with van der Waals surface area (Å²) >= 11 is 1.28. The number of hydrogen-bond acceptors (Lipinski definition) is 6. The standard InChI is InChI=1S/C21H20N2O4S/c1-12-9-14(10-13(2)18(12)24)11-17-19(25)23(3)21(28-17)22-16-7-5-15(6-8-16)20(26)27-4/h5-11,24H,1-4H3/b17-11+,22-21?. The second-order valence-electron chi connectivity index (χ2n) is 6.41. The topological polar surface area (TPSA) is 79.2 Å². The maximum absolute atomic E-state index is 12.6. The summed E-state index contributed by atoms with van der Waals surface area (Å²) in [5.74, 6) is -0.285. The van der Waals surface area contributed by atoms with E-state index in [9.17, 15) is 14.7 Å². The van der Waals surface area contributed by atoms with Crippen LogP contribution in [0.3, 0.4) is 0 Å². The second-order valence-corrected chi connectivity index (χ2v) is 7.42. The van der Waals surface area contributed by atoms with Crippen molar-refractivity contribution in [1.29, 1.82) is 0 Å². The lowest BCUT2D eigenvalue weighted by atomic mass is 10.1. The number of amidine groups is 1. The molecule has 1 aliphatic heterocycles. The summed E-state index contributed by atoms with van der Waals surface area (Å²) < 4.78 is 4.68. The number of aliphatic imine (C=N–C) groups is 1. The summed E-state index contributed by atoms with van der Waals surface area (Å²) in [6, 6.07) is 10.3. The van der Waals surface area contributed by atoms with Gasteiger partial charge in [0.1, 0.15) is 5.75 Å². The Balaban J connectivity index is 1.87. The van der Waals surface area contributed by atoms with E-state index in [0.29, 0.717) is 21.3 Å². The highest BCUT2D eigenvalue weighted by Gasteiger charge is 2.30. The number of likely N-dealkylation sites (N-methyl/N-ethyl adjacent to an activating group) is 1. The van der Waals surface area contributed by atoms with Crippen LogP contribution in [0.1, 0.15) is 27.0 Å². The summed E-state index contributed by atoms with van der Waals surface area (Å²) in [5, 5.41) is 10.5. The third-order valence-corrected chi connectivity index (χ3v) is 5.39. The fraction of sp³-hybridized carbons (Fsp3) is 0.190. The molecule has 1 N–H and O–H groups in total. The SMILES string of the molecule is COC(=O)c1ccc(N=C2S/C(=C/c3cc(C)c(O)c(C)c3)C(=O)N2C)cc1. The first-order valence-corrected chi connectivity index (χ1v) is 9.36. The van der Waals surface area contributed by atoms with Crippen molar-refractivity contribution in [2.24, 2.45) is 4.99 Å². The Morgan fingerprint density at radius 1 is 1.18 bits per heavy atom. The minimum Gasteiger partial charge on any atom is -0.507 e. The maximum Gasteiger partial charge on any atom is 0.337 e. The number of phenolic OH excluding ortho intramolecular Hbond substituents is 1.